The van der Waals surface area contributed by atoms with Crippen molar-refractivity contribution in [1.82, 2.24) is 9.55 Å². The van der Waals surface area contributed by atoms with E-state index in [0.717, 1.165) is 23.4 Å². The van der Waals surface area contributed by atoms with Gasteiger partial charge >= 0.3 is 0 Å². The molecule has 0 aliphatic rings. The topological polar surface area (TPSA) is 27.1 Å². The Morgan fingerprint density at radius 1 is 1.44 bits per heavy atom. The summed E-state index contributed by atoms with van der Waals surface area (Å²) in [5.74, 6) is 0.833. The third-order valence-corrected chi connectivity index (χ3v) is 3.28. The number of para-hydroxylation sites is 1. The summed E-state index contributed by atoms with van der Waals surface area (Å²) < 4.78 is 7.47. The van der Waals surface area contributed by atoms with Crippen molar-refractivity contribution in [3.05, 3.63) is 29.0 Å². The third-order valence-electron chi connectivity index (χ3n) is 2.78. The average molecular weight is 287 g/mol. The summed E-state index contributed by atoms with van der Waals surface area (Å²) >= 11 is 12.3. The van der Waals surface area contributed by atoms with Crippen molar-refractivity contribution in [1.29, 1.82) is 0 Å². The highest BCUT2D eigenvalue weighted by Crippen LogP contribution is 2.28. The van der Waals surface area contributed by atoms with E-state index >= 15 is 0 Å². The molecule has 0 aliphatic carbocycles. The Morgan fingerprint density at radius 2 is 2.22 bits per heavy atom. The average Bonchev–Trinajstić information content (AvgIpc) is 2.70. The predicted molar refractivity (Wildman–Crippen MR) is 75.5 cm³/mol. The Hall–Kier alpha value is -0.770. The van der Waals surface area contributed by atoms with Gasteiger partial charge in [-0.05, 0) is 26.0 Å². The molecule has 1 aromatic carbocycles. The Morgan fingerprint density at radius 3 is 2.89 bits per heavy atom. The number of benzene rings is 1. The summed E-state index contributed by atoms with van der Waals surface area (Å²) in [5.41, 5.74) is 1.81. The van der Waals surface area contributed by atoms with Gasteiger partial charge in [0.1, 0.15) is 11.3 Å². The molecule has 3 nitrogen and oxygen atoms in total. The largest absolute Gasteiger partial charge is 0.380 e. The van der Waals surface area contributed by atoms with Gasteiger partial charge in [-0.2, -0.15) is 0 Å². The smallest absolute Gasteiger partial charge is 0.127 e. The number of fused-ring (bicyclic) bond motifs is 1. The highest BCUT2D eigenvalue weighted by molar-refractivity contribution is 6.35. The van der Waals surface area contributed by atoms with Crippen molar-refractivity contribution < 1.29 is 4.74 Å². The summed E-state index contributed by atoms with van der Waals surface area (Å²) in [4.78, 5) is 4.53. The summed E-state index contributed by atoms with van der Waals surface area (Å²) in [6, 6.07) is 5.77. The van der Waals surface area contributed by atoms with Crippen molar-refractivity contribution in [2.45, 2.75) is 25.8 Å². The first kappa shape index (κ1) is 13.7. The molecule has 1 unspecified atom stereocenters. The van der Waals surface area contributed by atoms with E-state index in [1.165, 1.54) is 0 Å². The lowest BCUT2D eigenvalue weighted by molar-refractivity contribution is 0.139. The maximum atomic E-state index is 6.18. The quantitative estimate of drug-likeness (QED) is 0.613. The van der Waals surface area contributed by atoms with Crippen LogP contribution in [0.25, 0.3) is 11.0 Å². The second-order valence-electron chi connectivity index (χ2n) is 4.04. The van der Waals surface area contributed by atoms with Gasteiger partial charge in [0.25, 0.3) is 0 Å². The van der Waals surface area contributed by atoms with Crippen molar-refractivity contribution >= 4 is 34.2 Å². The van der Waals surface area contributed by atoms with Gasteiger partial charge in [0, 0.05) is 13.2 Å². The van der Waals surface area contributed by atoms with Crippen LogP contribution in [0.4, 0.5) is 0 Å². The van der Waals surface area contributed by atoms with E-state index in [4.69, 9.17) is 27.9 Å². The molecule has 0 saturated carbocycles. The molecule has 0 saturated heterocycles. The number of aromatic nitrogens is 2. The first-order chi connectivity index (χ1) is 8.65. The molecule has 0 fully saturated rings. The number of imidazole rings is 1. The molecule has 98 valence electrons. The normalized spacial score (nSPS) is 13.1. The molecule has 1 atom stereocenters. The van der Waals surface area contributed by atoms with E-state index in [2.05, 4.69) is 9.55 Å². The van der Waals surface area contributed by atoms with Crippen LogP contribution >= 0.6 is 23.2 Å². The van der Waals surface area contributed by atoms with Crippen LogP contribution in [0.5, 0.6) is 0 Å². The van der Waals surface area contributed by atoms with Gasteiger partial charge in [-0.1, -0.05) is 17.7 Å². The van der Waals surface area contributed by atoms with Crippen LogP contribution in [0.1, 0.15) is 25.0 Å². The van der Waals surface area contributed by atoms with Gasteiger partial charge in [-0.3, -0.25) is 0 Å². The summed E-state index contributed by atoms with van der Waals surface area (Å²) in [6.07, 6.45) is 0. The zero-order valence-electron chi connectivity index (χ0n) is 10.5. The van der Waals surface area contributed by atoms with Crippen molar-refractivity contribution in [3.8, 4) is 0 Å². The van der Waals surface area contributed by atoms with Gasteiger partial charge < -0.3 is 9.30 Å². The second kappa shape index (κ2) is 5.91. The predicted octanol–water partition coefficient (Wildman–Crippen LogP) is 4.03. The molecule has 5 heteroatoms. The standard InChI is InChI=1S/C13H16Cl2N2O/c1-3-18-8-7-17-11-6-4-5-10(15)12(11)16-13(17)9(2)14/h4-6,9H,3,7-8H2,1-2H3. The first-order valence-corrected chi connectivity index (χ1v) is 6.83. The number of alkyl halides is 1. The van der Waals surface area contributed by atoms with E-state index in [-0.39, 0.29) is 5.38 Å². The monoisotopic (exact) mass is 286 g/mol. The highest BCUT2D eigenvalue weighted by Gasteiger charge is 2.16. The fraction of sp³-hybridized carbons (Fsp3) is 0.462. The SMILES string of the molecule is CCOCCn1c(C(C)Cl)nc2c(Cl)cccc21. The van der Waals surface area contributed by atoms with Crippen LogP contribution < -0.4 is 0 Å². The maximum absolute atomic E-state index is 6.18. The summed E-state index contributed by atoms with van der Waals surface area (Å²) in [5, 5.41) is 0.497. The molecule has 1 aromatic heterocycles. The molecule has 2 aromatic rings. The van der Waals surface area contributed by atoms with E-state index in [1.807, 2.05) is 32.0 Å². The number of nitrogens with zero attached hydrogens (tertiary/aromatic N) is 2. The lowest BCUT2D eigenvalue weighted by Crippen LogP contribution is -2.09. The Kier molecular flexibility index (Phi) is 4.49. The minimum absolute atomic E-state index is 0.157. The molecule has 0 N–H and O–H groups in total. The number of rotatable bonds is 5. The minimum atomic E-state index is -0.157. The zero-order valence-corrected chi connectivity index (χ0v) is 12.0. The lowest BCUT2D eigenvalue weighted by atomic mass is 10.3. The molecular weight excluding hydrogens is 271 g/mol. The zero-order chi connectivity index (χ0) is 13.1. The van der Waals surface area contributed by atoms with Crippen LogP contribution in [0.2, 0.25) is 5.02 Å². The van der Waals surface area contributed by atoms with Crippen LogP contribution in [0.3, 0.4) is 0 Å². The number of ether oxygens (including phenoxy) is 1. The van der Waals surface area contributed by atoms with Gasteiger partial charge in [-0.25, -0.2) is 4.98 Å². The summed E-state index contributed by atoms with van der Waals surface area (Å²) in [6.45, 7) is 5.98. The van der Waals surface area contributed by atoms with Gasteiger partial charge in [0.15, 0.2) is 0 Å². The maximum Gasteiger partial charge on any atom is 0.127 e. The van der Waals surface area contributed by atoms with E-state index in [1.54, 1.807) is 0 Å². The summed E-state index contributed by atoms with van der Waals surface area (Å²) in [7, 11) is 0. The molecule has 0 radical (unpaired) electrons. The Bertz CT molecular complexity index is 537. The second-order valence-corrected chi connectivity index (χ2v) is 5.10. The molecule has 0 amide bonds. The number of hydrogen-bond acceptors (Lipinski definition) is 2. The fourth-order valence-electron chi connectivity index (χ4n) is 1.97. The number of hydrogen-bond donors (Lipinski definition) is 0. The lowest BCUT2D eigenvalue weighted by Gasteiger charge is -2.10. The Balaban J connectivity index is 2.46. The van der Waals surface area contributed by atoms with Crippen molar-refractivity contribution in [2.75, 3.05) is 13.2 Å². The molecule has 1 heterocycles. The van der Waals surface area contributed by atoms with E-state index in [9.17, 15) is 0 Å². The van der Waals surface area contributed by atoms with Crippen LogP contribution in [0, 0.1) is 0 Å². The Labute approximate surface area is 117 Å². The van der Waals surface area contributed by atoms with E-state index < -0.39 is 0 Å². The van der Waals surface area contributed by atoms with Crippen LogP contribution in [-0.4, -0.2) is 22.8 Å². The first-order valence-electron chi connectivity index (χ1n) is 6.01. The molecular formula is C13H16Cl2N2O. The molecule has 18 heavy (non-hydrogen) atoms. The fourth-order valence-corrected chi connectivity index (χ4v) is 2.35. The third kappa shape index (κ3) is 2.63. The molecule has 0 bridgehead atoms. The van der Waals surface area contributed by atoms with Crippen molar-refractivity contribution in [3.63, 3.8) is 0 Å². The van der Waals surface area contributed by atoms with E-state index in [0.29, 0.717) is 18.2 Å². The van der Waals surface area contributed by atoms with Crippen LogP contribution in [0.15, 0.2) is 18.2 Å². The number of halogens is 2. The highest BCUT2D eigenvalue weighted by atomic mass is 35.5. The van der Waals surface area contributed by atoms with Crippen LogP contribution in [-0.2, 0) is 11.3 Å². The van der Waals surface area contributed by atoms with Gasteiger partial charge in [0.05, 0.1) is 22.5 Å². The van der Waals surface area contributed by atoms with Gasteiger partial charge in [-0.15, -0.1) is 11.6 Å². The van der Waals surface area contributed by atoms with Crippen molar-refractivity contribution in [2.24, 2.45) is 0 Å². The van der Waals surface area contributed by atoms with Gasteiger partial charge in [0.2, 0.25) is 0 Å². The minimum Gasteiger partial charge on any atom is -0.380 e. The molecule has 0 spiro atoms. The molecule has 0 aliphatic heterocycles. The molecule has 2 rings (SSSR count).